The molecular weight excluding hydrogens is 210 g/mol. The standard InChI is InChI=1S/C14H13N3/c15-10-11-4-3-9-17(11)14-7-8-16-13-6-2-1-5-12(13)14/h1-2,5-8,11H,3-4,9H2. The van der Waals surface area contributed by atoms with Gasteiger partial charge in [0.05, 0.1) is 11.6 Å². The van der Waals surface area contributed by atoms with E-state index in [4.69, 9.17) is 5.26 Å². The van der Waals surface area contributed by atoms with Crippen molar-refractivity contribution in [3.05, 3.63) is 36.5 Å². The lowest BCUT2D eigenvalue weighted by Crippen LogP contribution is -2.27. The van der Waals surface area contributed by atoms with Crippen LogP contribution in [0.25, 0.3) is 10.9 Å². The SMILES string of the molecule is N#CC1CCCN1c1ccnc2ccccc12. The van der Waals surface area contributed by atoms with Gasteiger partial charge in [0.1, 0.15) is 6.04 Å². The van der Waals surface area contributed by atoms with Crippen LogP contribution in [0.2, 0.25) is 0 Å². The first-order valence-electron chi connectivity index (χ1n) is 5.90. The second kappa shape index (κ2) is 4.06. The third-order valence-electron chi connectivity index (χ3n) is 3.34. The van der Waals surface area contributed by atoms with Gasteiger partial charge < -0.3 is 4.90 Å². The van der Waals surface area contributed by atoms with Gasteiger partial charge in [0.25, 0.3) is 0 Å². The number of hydrogen-bond acceptors (Lipinski definition) is 3. The summed E-state index contributed by atoms with van der Waals surface area (Å²) in [6, 6.07) is 12.5. The van der Waals surface area contributed by atoms with Crippen LogP contribution >= 0.6 is 0 Å². The molecule has 0 radical (unpaired) electrons. The molecule has 1 aromatic carbocycles. The van der Waals surface area contributed by atoms with E-state index in [-0.39, 0.29) is 6.04 Å². The Morgan fingerprint density at radius 2 is 2.18 bits per heavy atom. The third-order valence-corrected chi connectivity index (χ3v) is 3.34. The van der Waals surface area contributed by atoms with Gasteiger partial charge in [0.15, 0.2) is 0 Å². The molecule has 1 aliphatic heterocycles. The van der Waals surface area contributed by atoms with Crippen LogP contribution in [0.15, 0.2) is 36.5 Å². The molecule has 2 aromatic rings. The van der Waals surface area contributed by atoms with Crippen LogP contribution in [0.5, 0.6) is 0 Å². The first-order chi connectivity index (χ1) is 8.40. The summed E-state index contributed by atoms with van der Waals surface area (Å²) >= 11 is 0. The molecule has 0 amide bonds. The number of benzene rings is 1. The molecule has 17 heavy (non-hydrogen) atoms. The molecule has 2 heterocycles. The van der Waals surface area contributed by atoms with Gasteiger partial charge in [-0.15, -0.1) is 0 Å². The van der Waals surface area contributed by atoms with Crippen molar-refractivity contribution in [3.63, 3.8) is 0 Å². The van der Waals surface area contributed by atoms with Crippen molar-refractivity contribution in [1.29, 1.82) is 5.26 Å². The van der Waals surface area contributed by atoms with E-state index in [1.807, 2.05) is 30.5 Å². The van der Waals surface area contributed by atoms with E-state index in [0.717, 1.165) is 36.0 Å². The Morgan fingerprint density at radius 1 is 1.29 bits per heavy atom. The lowest BCUT2D eigenvalue weighted by Gasteiger charge is -2.23. The van der Waals surface area contributed by atoms with Crippen LogP contribution in [0, 0.1) is 11.3 Å². The molecule has 0 spiro atoms. The van der Waals surface area contributed by atoms with E-state index >= 15 is 0 Å². The lowest BCUT2D eigenvalue weighted by molar-refractivity contribution is 0.820. The van der Waals surface area contributed by atoms with Crippen LogP contribution in [0.1, 0.15) is 12.8 Å². The number of rotatable bonds is 1. The molecular formula is C14H13N3. The Labute approximate surface area is 100 Å². The number of pyridine rings is 1. The van der Waals surface area contributed by atoms with Crippen LogP contribution < -0.4 is 4.90 Å². The number of nitrogens with zero attached hydrogens (tertiary/aromatic N) is 3. The molecule has 0 aliphatic carbocycles. The minimum Gasteiger partial charge on any atom is -0.355 e. The van der Waals surface area contributed by atoms with Crippen molar-refractivity contribution < 1.29 is 0 Å². The zero-order valence-corrected chi connectivity index (χ0v) is 9.50. The summed E-state index contributed by atoms with van der Waals surface area (Å²) in [6.07, 6.45) is 3.88. The summed E-state index contributed by atoms with van der Waals surface area (Å²) in [6.45, 7) is 0.965. The average Bonchev–Trinajstić information content (AvgIpc) is 2.86. The molecule has 1 fully saturated rings. The Bertz CT molecular complexity index is 580. The minimum atomic E-state index is 0.0146. The quantitative estimate of drug-likeness (QED) is 0.746. The van der Waals surface area contributed by atoms with Crippen molar-refractivity contribution >= 4 is 16.6 Å². The maximum atomic E-state index is 9.16. The van der Waals surface area contributed by atoms with Gasteiger partial charge in [-0.3, -0.25) is 4.98 Å². The first-order valence-corrected chi connectivity index (χ1v) is 5.90. The second-order valence-electron chi connectivity index (χ2n) is 4.33. The van der Waals surface area contributed by atoms with E-state index in [0.29, 0.717) is 0 Å². The van der Waals surface area contributed by atoms with Crippen molar-refractivity contribution in [2.24, 2.45) is 0 Å². The van der Waals surface area contributed by atoms with Gasteiger partial charge in [-0.1, -0.05) is 18.2 Å². The Balaban J connectivity index is 2.14. The van der Waals surface area contributed by atoms with E-state index in [1.165, 1.54) is 0 Å². The van der Waals surface area contributed by atoms with Gasteiger partial charge in [-0.25, -0.2) is 0 Å². The van der Waals surface area contributed by atoms with E-state index in [1.54, 1.807) is 0 Å². The summed E-state index contributed by atoms with van der Waals surface area (Å²) in [4.78, 5) is 6.55. The number of hydrogen-bond donors (Lipinski definition) is 0. The predicted octanol–water partition coefficient (Wildman–Crippen LogP) is 2.73. The van der Waals surface area contributed by atoms with Crippen LogP contribution in [-0.4, -0.2) is 17.6 Å². The maximum absolute atomic E-state index is 9.16. The number of anilines is 1. The molecule has 3 nitrogen and oxygen atoms in total. The maximum Gasteiger partial charge on any atom is 0.117 e. The molecule has 0 saturated carbocycles. The number of para-hydroxylation sites is 1. The predicted molar refractivity (Wildman–Crippen MR) is 67.7 cm³/mol. The molecule has 1 aliphatic rings. The van der Waals surface area contributed by atoms with Gasteiger partial charge in [-0.2, -0.15) is 5.26 Å². The largest absolute Gasteiger partial charge is 0.355 e. The fraction of sp³-hybridized carbons (Fsp3) is 0.286. The summed E-state index contributed by atoms with van der Waals surface area (Å²) in [5.41, 5.74) is 2.13. The lowest BCUT2D eigenvalue weighted by atomic mass is 10.1. The smallest absolute Gasteiger partial charge is 0.117 e. The fourth-order valence-corrected chi connectivity index (χ4v) is 2.52. The molecule has 3 heteroatoms. The van der Waals surface area contributed by atoms with Gasteiger partial charge in [-0.05, 0) is 25.0 Å². The molecule has 0 N–H and O–H groups in total. The number of aromatic nitrogens is 1. The van der Waals surface area contributed by atoms with Crippen LogP contribution in [0.4, 0.5) is 5.69 Å². The normalized spacial score (nSPS) is 19.5. The van der Waals surface area contributed by atoms with E-state index < -0.39 is 0 Å². The van der Waals surface area contributed by atoms with Gasteiger partial charge in [0.2, 0.25) is 0 Å². The first kappa shape index (κ1) is 10.1. The molecule has 1 aromatic heterocycles. The number of fused-ring (bicyclic) bond motifs is 1. The molecule has 84 valence electrons. The summed E-state index contributed by atoms with van der Waals surface area (Å²) in [7, 11) is 0. The molecule has 1 saturated heterocycles. The Hall–Kier alpha value is -2.08. The highest BCUT2D eigenvalue weighted by Gasteiger charge is 2.25. The zero-order valence-electron chi connectivity index (χ0n) is 9.50. The molecule has 0 bridgehead atoms. The summed E-state index contributed by atoms with van der Waals surface area (Å²) < 4.78 is 0. The highest BCUT2D eigenvalue weighted by Crippen LogP contribution is 2.30. The average molecular weight is 223 g/mol. The molecule has 1 unspecified atom stereocenters. The molecule has 1 atom stereocenters. The zero-order chi connectivity index (χ0) is 11.7. The third kappa shape index (κ3) is 1.62. The van der Waals surface area contributed by atoms with Crippen LogP contribution in [0.3, 0.4) is 0 Å². The van der Waals surface area contributed by atoms with Crippen molar-refractivity contribution in [2.75, 3.05) is 11.4 Å². The topological polar surface area (TPSA) is 39.9 Å². The van der Waals surface area contributed by atoms with Crippen molar-refractivity contribution in [2.45, 2.75) is 18.9 Å². The van der Waals surface area contributed by atoms with E-state index in [2.05, 4.69) is 22.0 Å². The Morgan fingerprint density at radius 3 is 3.06 bits per heavy atom. The minimum absolute atomic E-state index is 0.0146. The Kier molecular flexibility index (Phi) is 2.41. The fourth-order valence-electron chi connectivity index (χ4n) is 2.52. The monoisotopic (exact) mass is 223 g/mol. The van der Waals surface area contributed by atoms with Crippen molar-refractivity contribution in [1.82, 2.24) is 4.98 Å². The summed E-state index contributed by atoms with van der Waals surface area (Å²) in [5.74, 6) is 0. The van der Waals surface area contributed by atoms with E-state index in [9.17, 15) is 0 Å². The molecule has 3 rings (SSSR count). The number of nitriles is 1. The second-order valence-corrected chi connectivity index (χ2v) is 4.33. The van der Waals surface area contributed by atoms with Gasteiger partial charge in [0, 0.05) is 23.8 Å². The van der Waals surface area contributed by atoms with Crippen molar-refractivity contribution in [3.8, 4) is 6.07 Å². The van der Waals surface area contributed by atoms with Crippen LogP contribution in [-0.2, 0) is 0 Å². The highest BCUT2D eigenvalue weighted by atomic mass is 15.2. The van der Waals surface area contributed by atoms with Gasteiger partial charge >= 0.3 is 0 Å². The summed E-state index contributed by atoms with van der Waals surface area (Å²) in [5, 5.41) is 10.3. The highest BCUT2D eigenvalue weighted by molar-refractivity contribution is 5.91.